The third kappa shape index (κ3) is 6.79. The second kappa shape index (κ2) is 13.3. The van der Waals surface area contributed by atoms with Crippen LogP contribution in [-0.2, 0) is 14.0 Å². The summed E-state index contributed by atoms with van der Waals surface area (Å²) in [6.45, 7) is 14.9. The monoisotopic (exact) mass is 615 g/mol. The van der Waals surface area contributed by atoms with Gasteiger partial charge in [0.15, 0.2) is 8.32 Å². The number of hydrogen-bond acceptors (Lipinski definition) is 3. The quantitative estimate of drug-likeness (QED) is 0.166. The minimum Gasteiger partial charge on any atom is -0.416 e. The Kier molecular flexibility index (Phi) is 10.5. The standard InChI is InChI=1S/C34H47Cl2NO3Si/c1-23(2)41(24(3)4,25(5)6)40-19-17-34(16-18-38)21-31(28-8-7-9-30(36)20-28)32(27-12-14-29(35)15-13-27)37(33(34)39)22-26-10-11-26/h7-9,12-15,18,20,23-26,31-32H,10-11,16-17,19,21-22H2,1-6H3. The SMILES string of the molecule is CC(C)[Si](OCCC1(CC=O)CC(c2cccc(Cl)c2)C(c2ccc(Cl)cc2)N(CC2CC2)C1=O)(C(C)C)C(C)C. The van der Waals surface area contributed by atoms with Crippen molar-refractivity contribution in [3.05, 3.63) is 69.7 Å². The molecule has 0 radical (unpaired) electrons. The Hall–Kier alpha value is -1.66. The van der Waals surface area contributed by atoms with Gasteiger partial charge in [-0.2, -0.15) is 0 Å². The van der Waals surface area contributed by atoms with Crippen LogP contribution in [0.4, 0.5) is 0 Å². The average Bonchev–Trinajstić information content (AvgIpc) is 3.73. The lowest BCUT2D eigenvalue weighted by Crippen LogP contribution is -2.55. The fourth-order valence-electron chi connectivity index (χ4n) is 7.72. The van der Waals surface area contributed by atoms with Gasteiger partial charge in [-0.1, -0.05) is 89.0 Å². The summed E-state index contributed by atoms with van der Waals surface area (Å²) in [5.41, 5.74) is 2.69. The lowest BCUT2D eigenvalue weighted by molar-refractivity contribution is -0.155. The summed E-state index contributed by atoms with van der Waals surface area (Å²) in [6.07, 6.45) is 4.52. The summed E-state index contributed by atoms with van der Waals surface area (Å²) < 4.78 is 6.97. The summed E-state index contributed by atoms with van der Waals surface area (Å²) in [6, 6.07) is 15.7. The van der Waals surface area contributed by atoms with Crippen LogP contribution >= 0.6 is 23.2 Å². The van der Waals surface area contributed by atoms with E-state index in [1.54, 1.807) is 0 Å². The fraction of sp³-hybridized carbons (Fsp3) is 0.588. The summed E-state index contributed by atoms with van der Waals surface area (Å²) in [7, 11) is -2.13. The Morgan fingerprint density at radius 1 is 0.951 bits per heavy atom. The molecule has 3 unspecified atom stereocenters. The van der Waals surface area contributed by atoms with E-state index in [-0.39, 0.29) is 24.3 Å². The van der Waals surface area contributed by atoms with E-state index in [9.17, 15) is 9.59 Å². The van der Waals surface area contributed by atoms with Crippen LogP contribution in [0, 0.1) is 11.3 Å². The molecule has 1 aliphatic heterocycles. The highest BCUT2D eigenvalue weighted by molar-refractivity contribution is 6.77. The number of likely N-dealkylation sites (tertiary alicyclic amines) is 1. The zero-order chi connectivity index (χ0) is 29.9. The van der Waals surface area contributed by atoms with Crippen molar-refractivity contribution in [3.63, 3.8) is 0 Å². The zero-order valence-electron chi connectivity index (χ0n) is 25.5. The van der Waals surface area contributed by atoms with E-state index in [4.69, 9.17) is 27.6 Å². The molecule has 0 aromatic heterocycles. The molecule has 0 N–H and O–H groups in total. The molecule has 1 aliphatic carbocycles. The maximum atomic E-state index is 14.7. The molecule has 224 valence electrons. The number of piperidine rings is 1. The average molecular weight is 617 g/mol. The van der Waals surface area contributed by atoms with Gasteiger partial charge in [-0.3, -0.25) is 4.79 Å². The summed E-state index contributed by atoms with van der Waals surface area (Å²) in [4.78, 5) is 29.1. The van der Waals surface area contributed by atoms with Crippen LogP contribution in [0.3, 0.4) is 0 Å². The smallest absolute Gasteiger partial charge is 0.229 e. The van der Waals surface area contributed by atoms with Crippen LogP contribution in [0.5, 0.6) is 0 Å². The van der Waals surface area contributed by atoms with Gasteiger partial charge in [-0.05, 0) is 83.6 Å². The highest BCUT2D eigenvalue weighted by Gasteiger charge is 2.53. The fourth-order valence-corrected chi connectivity index (χ4v) is 13.5. The van der Waals surface area contributed by atoms with Crippen LogP contribution in [0.15, 0.2) is 48.5 Å². The first-order valence-electron chi connectivity index (χ1n) is 15.3. The minimum absolute atomic E-state index is 0.0198. The summed E-state index contributed by atoms with van der Waals surface area (Å²) >= 11 is 12.8. The van der Waals surface area contributed by atoms with Crippen LogP contribution < -0.4 is 0 Å². The van der Waals surface area contributed by atoms with Gasteiger partial charge in [0.2, 0.25) is 5.91 Å². The lowest BCUT2D eigenvalue weighted by Gasteiger charge is -2.51. The normalized spacial score (nSPS) is 23.6. The Balaban J connectivity index is 1.77. The topological polar surface area (TPSA) is 46.6 Å². The van der Waals surface area contributed by atoms with Gasteiger partial charge in [0.05, 0.1) is 11.5 Å². The number of carbonyl (C=O) groups excluding carboxylic acids is 2. The van der Waals surface area contributed by atoms with Gasteiger partial charge >= 0.3 is 0 Å². The lowest BCUT2D eigenvalue weighted by atomic mass is 9.65. The Morgan fingerprint density at radius 2 is 1.59 bits per heavy atom. The molecule has 4 rings (SSSR count). The Morgan fingerprint density at radius 3 is 2.12 bits per heavy atom. The molecule has 4 nitrogen and oxygen atoms in total. The molecule has 2 aromatic carbocycles. The first kappa shape index (κ1) is 32.3. The van der Waals surface area contributed by atoms with Crippen LogP contribution in [-0.4, -0.2) is 38.6 Å². The van der Waals surface area contributed by atoms with E-state index >= 15 is 0 Å². The van der Waals surface area contributed by atoms with E-state index in [0.717, 1.165) is 30.3 Å². The van der Waals surface area contributed by atoms with Crippen LogP contribution in [0.2, 0.25) is 26.7 Å². The van der Waals surface area contributed by atoms with Crippen molar-refractivity contribution in [1.29, 1.82) is 0 Å². The second-order valence-electron chi connectivity index (χ2n) is 13.3. The van der Waals surface area contributed by atoms with Crippen molar-refractivity contribution in [1.82, 2.24) is 4.90 Å². The number of carbonyl (C=O) groups is 2. The van der Waals surface area contributed by atoms with Gasteiger partial charge in [0, 0.05) is 35.5 Å². The van der Waals surface area contributed by atoms with Crippen molar-refractivity contribution < 1.29 is 14.0 Å². The first-order chi connectivity index (χ1) is 19.4. The third-order valence-corrected chi connectivity index (χ3v) is 16.4. The predicted octanol–water partition coefficient (Wildman–Crippen LogP) is 9.62. The van der Waals surface area contributed by atoms with Gasteiger partial charge in [0.25, 0.3) is 0 Å². The van der Waals surface area contributed by atoms with Crippen molar-refractivity contribution in [2.24, 2.45) is 11.3 Å². The molecule has 1 saturated carbocycles. The molecule has 1 saturated heterocycles. The molecule has 41 heavy (non-hydrogen) atoms. The maximum Gasteiger partial charge on any atom is 0.229 e. The molecule has 1 amide bonds. The zero-order valence-corrected chi connectivity index (χ0v) is 28.0. The highest BCUT2D eigenvalue weighted by Crippen LogP contribution is 2.54. The van der Waals surface area contributed by atoms with Gasteiger partial charge < -0.3 is 14.1 Å². The molecular weight excluding hydrogens is 569 g/mol. The minimum atomic E-state index is -2.13. The number of nitrogens with zero attached hydrogens (tertiary/aromatic N) is 1. The first-order valence-corrected chi connectivity index (χ1v) is 18.2. The van der Waals surface area contributed by atoms with Crippen molar-refractivity contribution in [3.8, 4) is 0 Å². The number of rotatable bonds is 13. The van der Waals surface area contributed by atoms with Crippen molar-refractivity contribution in [2.75, 3.05) is 13.2 Å². The third-order valence-electron chi connectivity index (χ3n) is 9.80. The van der Waals surface area contributed by atoms with E-state index in [1.807, 2.05) is 42.5 Å². The molecular formula is C34H47Cl2NO3Si. The molecule has 2 aromatic rings. The largest absolute Gasteiger partial charge is 0.416 e. The molecule has 0 bridgehead atoms. The van der Waals surface area contributed by atoms with E-state index in [1.165, 1.54) is 0 Å². The molecule has 2 fully saturated rings. The molecule has 2 aliphatic rings. The van der Waals surface area contributed by atoms with Gasteiger partial charge in [-0.15, -0.1) is 0 Å². The Bertz CT molecular complexity index is 1170. The number of halogens is 2. The summed E-state index contributed by atoms with van der Waals surface area (Å²) in [5.74, 6) is 0.567. The van der Waals surface area contributed by atoms with Crippen molar-refractivity contribution >= 4 is 43.7 Å². The van der Waals surface area contributed by atoms with Crippen molar-refractivity contribution in [2.45, 2.75) is 102 Å². The predicted molar refractivity (Wildman–Crippen MR) is 172 cm³/mol. The maximum absolute atomic E-state index is 14.7. The number of aldehydes is 1. The van der Waals surface area contributed by atoms with E-state index in [0.29, 0.717) is 58.6 Å². The molecule has 0 spiro atoms. The second-order valence-corrected chi connectivity index (χ2v) is 19.7. The van der Waals surface area contributed by atoms with Gasteiger partial charge in [-0.25, -0.2) is 0 Å². The number of hydrogen-bond donors (Lipinski definition) is 0. The highest BCUT2D eigenvalue weighted by atomic mass is 35.5. The number of benzene rings is 2. The molecule has 3 atom stereocenters. The molecule has 7 heteroatoms. The van der Waals surface area contributed by atoms with Crippen LogP contribution in [0.25, 0.3) is 0 Å². The van der Waals surface area contributed by atoms with E-state index in [2.05, 4.69) is 52.5 Å². The molecule has 1 heterocycles. The van der Waals surface area contributed by atoms with Crippen LogP contribution in [0.1, 0.15) is 96.7 Å². The van der Waals surface area contributed by atoms with E-state index < -0.39 is 13.7 Å². The number of amides is 1. The summed E-state index contributed by atoms with van der Waals surface area (Å²) in [5, 5.41) is 1.35. The van der Waals surface area contributed by atoms with Gasteiger partial charge in [0.1, 0.15) is 6.29 Å². The Labute approximate surface area is 258 Å².